The fourth-order valence-electron chi connectivity index (χ4n) is 1.53. The summed E-state index contributed by atoms with van der Waals surface area (Å²) in [5.41, 5.74) is 2.33. The normalized spacial score (nSPS) is 20.8. The monoisotopic (exact) mass is 204 g/mol. The lowest BCUT2D eigenvalue weighted by Gasteiger charge is -2.24. The van der Waals surface area contributed by atoms with E-state index < -0.39 is 0 Å². The molecular weight excluding hydrogens is 192 g/mol. The molecule has 3 heteroatoms. The molecule has 0 aliphatic carbocycles. The standard InChI is InChI=1S/C11H12N2S/c1-8-7-10(13-11(14)12-8)9-5-3-2-4-6-9/h2-7,10H,1H3,(H2,12,13,14)/t10-/m1/s1. The minimum absolute atomic E-state index is 0.199. The highest BCUT2D eigenvalue weighted by Crippen LogP contribution is 2.17. The summed E-state index contributed by atoms with van der Waals surface area (Å²) in [7, 11) is 0. The number of allylic oxidation sites excluding steroid dienone is 1. The number of hydrogen-bond donors (Lipinski definition) is 2. The first kappa shape index (κ1) is 9.21. The van der Waals surface area contributed by atoms with Crippen molar-refractivity contribution < 1.29 is 0 Å². The first-order valence-electron chi connectivity index (χ1n) is 4.56. The first-order chi connectivity index (χ1) is 6.75. The van der Waals surface area contributed by atoms with Crippen LogP contribution in [0.2, 0.25) is 0 Å². The number of thiocarbonyl (C=S) groups is 1. The molecule has 1 aliphatic heterocycles. The maximum Gasteiger partial charge on any atom is 0.171 e. The molecule has 0 unspecified atom stereocenters. The summed E-state index contributed by atoms with van der Waals surface area (Å²) in [4.78, 5) is 0. The Bertz CT molecular complexity index is 370. The zero-order chi connectivity index (χ0) is 9.97. The van der Waals surface area contributed by atoms with E-state index in [2.05, 4.69) is 28.8 Å². The van der Waals surface area contributed by atoms with Gasteiger partial charge in [0.15, 0.2) is 5.11 Å². The molecule has 0 bridgehead atoms. The Balaban J connectivity index is 2.28. The summed E-state index contributed by atoms with van der Waals surface area (Å²) < 4.78 is 0. The predicted octanol–water partition coefficient (Wildman–Crippen LogP) is 2.11. The van der Waals surface area contributed by atoms with E-state index in [1.54, 1.807) is 0 Å². The fraction of sp³-hybridized carbons (Fsp3) is 0.182. The van der Waals surface area contributed by atoms with Crippen molar-refractivity contribution in [3.63, 3.8) is 0 Å². The Hall–Kier alpha value is -1.35. The van der Waals surface area contributed by atoms with E-state index in [0.717, 1.165) is 5.70 Å². The summed E-state index contributed by atoms with van der Waals surface area (Å²) in [6.07, 6.45) is 2.13. The zero-order valence-electron chi connectivity index (χ0n) is 7.95. The Labute approximate surface area is 89.0 Å². The van der Waals surface area contributed by atoms with Gasteiger partial charge in [0.2, 0.25) is 0 Å². The Morgan fingerprint density at radius 1 is 1.21 bits per heavy atom. The van der Waals surface area contributed by atoms with Gasteiger partial charge >= 0.3 is 0 Å². The highest BCUT2D eigenvalue weighted by Gasteiger charge is 2.14. The van der Waals surface area contributed by atoms with Gasteiger partial charge in [-0.05, 0) is 30.8 Å². The molecule has 2 nitrogen and oxygen atoms in total. The van der Waals surface area contributed by atoms with Crippen LogP contribution in [0.1, 0.15) is 18.5 Å². The average molecular weight is 204 g/mol. The van der Waals surface area contributed by atoms with Crippen molar-refractivity contribution in [2.75, 3.05) is 0 Å². The molecule has 0 saturated heterocycles. The van der Waals surface area contributed by atoms with Crippen molar-refractivity contribution in [1.29, 1.82) is 0 Å². The van der Waals surface area contributed by atoms with Gasteiger partial charge in [0.1, 0.15) is 0 Å². The first-order valence-corrected chi connectivity index (χ1v) is 4.97. The van der Waals surface area contributed by atoms with Gasteiger partial charge in [-0.15, -0.1) is 0 Å². The molecule has 0 spiro atoms. The molecule has 0 aromatic heterocycles. The molecule has 2 N–H and O–H groups in total. The summed E-state index contributed by atoms with van der Waals surface area (Å²) >= 11 is 5.10. The topological polar surface area (TPSA) is 24.1 Å². The van der Waals surface area contributed by atoms with Crippen molar-refractivity contribution in [1.82, 2.24) is 10.6 Å². The highest BCUT2D eigenvalue weighted by molar-refractivity contribution is 7.80. The van der Waals surface area contributed by atoms with Crippen molar-refractivity contribution in [2.24, 2.45) is 0 Å². The van der Waals surface area contributed by atoms with Crippen LogP contribution in [0.5, 0.6) is 0 Å². The van der Waals surface area contributed by atoms with Gasteiger partial charge in [-0.25, -0.2) is 0 Å². The Morgan fingerprint density at radius 2 is 1.93 bits per heavy atom. The lowest BCUT2D eigenvalue weighted by atomic mass is 10.1. The number of nitrogens with one attached hydrogen (secondary N) is 2. The van der Waals surface area contributed by atoms with Gasteiger partial charge < -0.3 is 10.6 Å². The number of rotatable bonds is 1. The van der Waals surface area contributed by atoms with E-state index in [-0.39, 0.29) is 6.04 Å². The van der Waals surface area contributed by atoms with Crippen molar-refractivity contribution in [3.8, 4) is 0 Å². The van der Waals surface area contributed by atoms with E-state index in [9.17, 15) is 0 Å². The number of benzene rings is 1. The van der Waals surface area contributed by atoms with Crippen LogP contribution < -0.4 is 10.6 Å². The van der Waals surface area contributed by atoms with E-state index in [4.69, 9.17) is 12.2 Å². The SMILES string of the molecule is CC1=C[C@H](c2ccccc2)NC(=S)N1. The molecular formula is C11H12N2S. The van der Waals surface area contributed by atoms with Crippen LogP contribution in [0.3, 0.4) is 0 Å². The van der Waals surface area contributed by atoms with E-state index >= 15 is 0 Å². The second-order valence-electron chi connectivity index (χ2n) is 3.34. The molecule has 0 saturated carbocycles. The molecule has 1 aromatic carbocycles. The highest BCUT2D eigenvalue weighted by atomic mass is 32.1. The molecule has 0 fully saturated rings. The van der Waals surface area contributed by atoms with E-state index in [1.807, 2.05) is 25.1 Å². The maximum atomic E-state index is 5.10. The van der Waals surface area contributed by atoms with Crippen LogP contribution in [0, 0.1) is 0 Å². The van der Waals surface area contributed by atoms with Crippen LogP contribution in [0.25, 0.3) is 0 Å². The minimum atomic E-state index is 0.199. The summed E-state index contributed by atoms with van der Waals surface area (Å²) in [5.74, 6) is 0. The second kappa shape index (κ2) is 3.80. The quantitative estimate of drug-likeness (QED) is 0.685. The molecule has 0 amide bonds. The molecule has 0 radical (unpaired) electrons. The lowest BCUT2D eigenvalue weighted by Crippen LogP contribution is -2.40. The smallest absolute Gasteiger partial charge is 0.171 e. The lowest BCUT2D eigenvalue weighted by molar-refractivity contribution is 0.739. The molecule has 2 rings (SSSR count). The van der Waals surface area contributed by atoms with Crippen molar-refractivity contribution >= 4 is 17.3 Å². The molecule has 1 aromatic rings. The van der Waals surface area contributed by atoms with Gasteiger partial charge in [0.25, 0.3) is 0 Å². The van der Waals surface area contributed by atoms with Gasteiger partial charge in [-0.3, -0.25) is 0 Å². The van der Waals surface area contributed by atoms with Gasteiger partial charge in [0.05, 0.1) is 6.04 Å². The summed E-state index contributed by atoms with van der Waals surface area (Å²) in [5, 5.41) is 6.96. The van der Waals surface area contributed by atoms with Crippen LogP contribution >= 0.6 is 12.2 Å². The fourth-order valence-corrected chi connectivity index (χ4v) is 1.82. The molecule has 72 valence electrons. The minimum Gasteiger partial charge on any atom is -0.352 e. The second-order valence-corrected chi connectivity index (χ2v) is 3.74. The van der Waals surface area contributed by atoms with Crippen LogP contribution in [-0.2, 0) is 0 Å². The number of hydrogen-bond acceptors (Lipinski definition) is 1. The Kier molecular flexibility index (Phi) is 2.50. The van der Waals surface area contributed by atoms with Crippen LogP contribution in [-0.4, -0.2) is 5.11 Å². The molecule has 14 heavy (non-hydrogen) atoms. The predicted molar refractivity (Wildman–Crippen MR) is 61.8 cm³/mol. The zero-order valence-corrected chi connectivity index (χ0v) is 8.77. The Morgan fingerprint density at radius 3 is 2.57 bits per heavy atom. The van der Waals surface area contributed by atoms with Crippen LogP contribution in [0.4, 0.5) is 0 Å². The van der Waals surface area contributed by atoms with Gasteiger partial charge in [-0.2, -0.15) is 0 Å². The molecule has 1 heterocycles. The molecule has 1 aliphatic rings. The van der Waals surface area contributed by atoms with Crippen molar-refractivity contribution in [2.45, 2.75) is 13.0 Å². The van der Waals surface area contributed by atoms with Gasteiger partial charge in [-0.1, -0.05) is 30.3 Å². The summed E-state index contributed by atoms with van der Waals surface area (Å²) in [6.45, 7) is 2.02. The average Bonchev–Trinajstić information content (AvgIpc) is 2.18. The summed E-state index contributed by atoms with van der Waals surface area (Å²) in [6, 6.07) is 10.5. The largest absolute Gasteiger partial charge is 0.352 e. The van der Waals surface area contributed by atoms with Crippen molar-refractivity contribution in [3.05, 3.63) is 47.7 Å². The van der Waals surface area contributed by atoms with Crippen LogP contribution in [0.15, 0.2) is 42.1 Å². The van der Waals surface area contributed by atoms with E-state index in [0.29, 0.717) is 5.11 Å². The third kappa shape index (κ3) is 1.93. The van der Waals surface area contributed by atoms with E-state index in [1.165, 1.54) is 5.56 Å². The molecule has 1 atom stereocenters. The third-order valence-electron chi connectivity index (χ3n) is 2.17. The third-order valence-corrected chi connectivity index (χ3v) is 2.39. The van der Waals surface area contributed by atoms with Gasteiger partial charge in [0, 0.05) is 5.70 Å². The maximum absolute atomic E-state index is 5.10.